The molecule has 0 bridgehead atoms. The van der Waals surface area contributed by atoms with Crippen molar-refractivity contribution in [2.45, 2.75) is 63.7 Å². The molecular formula is C18H27Cl. The van der Waals surface area contributed by atoms with Gasteiger partial charge in [0.15, 0.2) is 0 Å². The Morgan fingerprint density at radius 1 is 1.11 bits per heavy atom. The van der Waals surface area contributed by atoms with Crippen molar-refractivity contribution >= 4 is 11.6 Å². The van der Waals surface area contributed by atoms with Crippen LogP contribution in [0.1, 0.15) is 63.9 Å². The summed E-state index contributed by atoms with van der Waals surface area (Å²) >= 11 is 6.59. The Labute approximate surface area is 123 Å². The predicted octanol–water partition coefficient (Wildman–Crippen LogP) is 6.00. The number of alkyl halides is 1. The fourth-order valence-corrected chi connectivity index (χ4v) is 3.88. The van der Waals surface area contributed by atoms with Crippen LogP contribution < -0.4 is 0 Å². The molecule has 0 saturated heterocycles. The van der Waals surface area contributed by atoms with E-state index in [1.165, 1.54) is 44.1 Å². The first-order valence-corrected chi connectivity index (χ1v) is 8.37. The van der Waals surface area contributed by atoms with Crippen LogP contribution >= 0.6 is 11.6 Å². The molecule has 0 aromatic heterocycles. The van der Waals surface area contributed by atoms with Gasteiger partial charge >= 0.3 is 0 Å². The van der Waals surface area contributed by atoms with Gasteiger partial charge in [0.2, 0.25) is 0 Å². The highest BCUT2D eigenvalue weighted by molar-refractivity contribution is 6.20. The summed E-state index contributed by atoms with van der Waals surface area (Å²) in [6.45, 7) is 4.63. The first-order chi connectivity index (χ1) is 9.24. The lowest BCUT2D eigenvalue weighted by atomic mass is 9.74. The molecule has 0 nitrogen and oxygen atoms in total. The maximum absolute atomic E-state index is 6.59. The van der Waals surface area contributed by atoms with Gasteiger partial charge in [-0.15, -0.1) is 11.6 Å². The fourth-order valence-electron chi connectivity index (χ4n) is 3.55. The lowest BCUT2D eigenvalue weighted by Gasteiger charge is -2.35. The minimum atomic E-state index is 0.403. The van der Waals surface area contributed by atoms with E-state index in [1.807, 2.05) is 0 Å². The van der Waals surface area contributed by atoms with Crippen molar-refractivity contribution in [1.82, 2.24) is 0 Å². The van der Waals surface area contributed by atoms with Crippen LogP contribution in [0.4, 0.5) is 0 Å². The van der Waals surface area contributed by atoms with Crippen molar-refractivity contribution in [2.75, 3.05) is 0 Å². The van der Waals surface area contributed by atoms with Gasteiger partial charge < -0.3 is 0 Å². The van der Waals surface area contributed by atoms with E-state index in [2.05, 4.69) is 44.2 Å². The Morgan fingerprint density at radius 3 is 2.42 bits per heavy atom. The Kier molecular flexibility index (Phi) is 5.76. The van der Waals surface area contributed by atoms with Crippen LogP contribution in [-0.2, 0) is 0 Å². The van der Waals surface area contributed by atoms with E-state index in [1.54, 1.807) is 0 Å². The molecule has 0 heterocycles. The second kappa shape index (κ2) is 7.33. The Balaban J connectivity index is 2.00. The first kappa shape index (κ1) is 14.9. The van der Waals surface area contributed by atoms with Crippen molar-refractivity contribution < 1.29 is 0 Å². The van der Waals surface area contributed by atoms with Crippen LogP contribution in [0.2, 0.25) is 0 Å². The van der Waals surface area contributed by atoms with Crippen molar-refractivity contribution in [1.29, 1.82) is 0 Å². The van der Waals surface area contributed by atoms with E-state index >= 15 is 0 Å². The fraction of sp³-hybridized carbons (Fsp3) is 0.667. The van der Waals surface area contributed by atoms with Gasteiger partial charge in [-0.25, -0.2) is 0 Å². The summed E-state index contributed by atoms with van der Waals surface area (Å²) in [6.07, 6.45) is 7.65. The topological polar surface area (TPSA) is 0 Å². The largest absolute Gasteiger partial charge is 0.123 e. The molecule has 1 aromatic rings. The molecule has 0 spiro atoms. The van der Waals surface area contributed by atoms with Gasteiger partial charge in [0.25, 0.3) is 0 Å². The van der Waals surface area contributed by atoms with Crippen LogP contribution in [0.15, 0.2) is 30.3 Å². The van der Waals surface area contributed by atoms with E-state index in [-0.39, 0.29) is 0 Å². The molecule has 1 aromatic carbocycles. The summed E-state index contributed by atoms with van der Waals surface area (Å²) in [5.74, 6) is 2.31. The molecule has 3 atom stereocenters. The Morgan fingerprint density at radius 2 is 1.79 bits per heavy atom. The van der Waals surface area contributed by atoms with Crippen LogP contribution in [0.25, 0.3) is 0 Å². The Hall–Kier alpha value is -0.490. The second-order valence-corrected chi connectivity index (χ2v) is 6.68. The second-order valence-electron chi connectivity index (χ2n) is 6.11. The monoisotopic (exact) mass is 278 g/mol. The quantitative estimate of drug-likeness (QED) is 0.579. The molecule has 2 rings (SSSR count). The molecule has 19 heavy (non-hydrogen) atoms. The van der Waals surface area contributed by atoms with Gasteiger partial charge in [0.1, 0.15) is 0 Å². The van der Waals surface area contributed by atoms with Crippen LogP contribution in [-0.4, -0.2) is 5.38 Å². The van der Waals surface area contributed by atoms with Crippen LogP contribution in [0.5, 0.6) is 0 Å². The highest BCUT2D eigenvalue weighted by Crippen LogP contribution is 2.41. The third-order valence-corrected chi connectivity index (χ3v) is 5.53. The SMILES string of the molecule is CCC(CC)CC1CC(c2ccccc2)CCC1Cl. The first-order valence-electron chi connectivity index (χ1n) is 7.93. The lowest BCUT2D eigenvalue weighted by Crippen LogP contribution is -2.26. The maximum Gasteiger partial charge on any atom is 0.0364 e. The minimum absolute atomic E-state index is 0.403. The average Bonchev–Trinajstić information content (AvgIpc) is 2.47. The number of hydrogen-bond donors (Lipinski definition) is 0. The van der Waals surface area contributed by atoms with E-state index < -0.39 is 0 Å². The van der Waals surface area contributed by atoms with Crippen molar-refractivity contribution in [3.05, 3.63) is 35.9 Å². The summed E-state index contributed by atoms with van der Waals surface area (Å²) in [6, 6.07) is 11.0. The Bertz CT molecular complexity index is 355. The van der Waals surface area contributed by atoms with Crippen LogP contribution in [0.3, 0.4) is 0 Å². The van der Waals surface area contributed by atoms with Gasteiger partial charge in [0, 0.05) is 5.38 Å². The van der Waals surface area contributed by atoms with Crippen molar-refractivity contribution in [2.24, 2.45) is 11.8 Å². The summed E-state index contributed by atoms with van der Waals surface area (Å²) in [5, 5.41) is 0.403. The van der Waals surface area contributed by atoms with Gasteiger partial charge in [-0.3, -0.25) is 0 Å². The maximum atomic E-state index is 6.59. The lowest BCUT2D eigenvalue weighted by molar-refractivity contribution is 0.263. The molecule has 0 radical (unpaired) electrons. The average molecular weight is 279 g/mol. The molecule has 0 amide bonds. The van der Waals surface area contributed by atoms with Crippen LogP contribution in [0, 0.1) is 11.8 Å². The zero-order chi connectivity index (χ0) is 13.7. The molecule has 0 N–H and O–H groups in total. The van der Waals surface area contributed by atoms with E-state index in [4.69, 9.17) is 11.6 Å². The van der Waals surface area contributed by atoms with Gasteiger partial charge in [-0.2, -0.15) is 0 Å². The summed E-state index contributed by atoms with van der Waals surface area (Å²) < 4.78 is 0. The van der Waals surface area contributed by atoms with Crippen molar-refractivity contribution in [3.8, 4) is 0 Å². The van der Waals surface area contributed by atoms with E-state index in [0.717, 1.165) is 11.8 Å². The number of halogens is 1. The van der Waals surface area contributed by atoms with E-state index in [9.17, 15) is 0 Å². The summed E-state index contributed by atoms with van der Waals surface area (Å²) in [5.41, 5.74) is 1.51. The molecular weight excluding hydrogens is 252 g/mol. The molecule has 1 aliphatic rings. The summed E-state index contributed by atoms with van der Waals surface area (Å²) in [4.78, 5) is 0. The standard InChI is InChI=1S/C18H27Cl/c1-3-14(4-2)12-17-13-16(10-11-18(17)19)15-8-6-5-7-9-15/h5-9,14,16-18H,3-4,10-13H2,1-2H3. The summed E-state index contributed by atoms with van der Waals surface area (Å²) in [7, 11) is 0. The molecule has 1 aliphatic carbocycles. The molecule has 0 aliphatic heterocycles. The zero-order valence-electron chi connectivity index (χ0n) is 12.3. The third-order valence-electron chi connectivity index (χ3n) is 4.95. The third kappa shape index (κ3) is 3.99. The highest BCUT2D eigenvalue weighted by atomic mass is 35.5. The van der Waals surface area contributed by atoms with Gasteiger partial charge in [0.05, 0.1) is 0 Å². The van der Waals surface area contributed by atoms with E-state index in [0.29, 0.717) is 11.3 Å². The highest BCUT2D eigenvalue weighted by Gasteiger charge is 2.30. The zero-order valence-corrected chi connectivity index (χ0v) is 13.1. The smallest absolute Gasteiger partial charge is 0.0364 e. The predicted molar refractivity (Wildman–Crippen MR) is 84.9 cm³/mol. The van der Waals surface area contributed by atoms with Crippen molar-refractivity contribution in [3.63, 3.8) is 0 Å². The number of benzene rings is 1. The molecule has 1 saturated carbocycles. The number of rotatable bonds is 5. The van der Waals surface area contributed by atoms with Gasteiger partial charge in [-0.05, 0) is 49.0 Å². The minimum Gasteiger partial charge on any atom is -0.123 e. The molecule has 1 heteroatoms. The molecule has 3 unspecified atom stereocenters. The molecule has 1 fully saturated rings. The molecule has 106 valence electrons. The number of hydrogen-bond acceptors (Lipinski definition) is 0. The normalized spacial score (nSPS) is 27.7. The van der Waals surface area contributed by atoms with Gasteiger partial charge in [-0.1, -0.05) is 57.0 Å².